The van der Waals surface area contributed by atoms with Gasteiger partial charge in [-0.2, -0.15) is 0 Å². The predicted octanol–water partition coefficient (Wildman–Crippen LogP) is 1.40. The molecule has 0 spiro atoms. The van der Waals surface area contributed by atoms with Crippen molar-refractivity contribution in [1.29, 1.82) is 0 Å². The van der Waals surface area contributed by atoms with Crippen molar-refractivity contribution >= 4 is 5.69 Å². The van der Waals surface area contributed by atoms with Crippen LogP contribution in [0.15, 0.2) is 34.0 Å². The van der Waals surface area contributed by atoms with E-state index in [4.69, 9.17) is 14.2 Å². The molecular weight excluding hydrogens is 450 g/mol. The second kappa shape index (κ2) is 10.1. The van der Waals surface area contributed by atoms with Crippen molar-refractivity contribution in [3.05, 3.63) is 66.5 Å². The minimum absolute atomic E-state index is 0.0537. The maximum absolute atomic E-state index is 12.5. The Morgan fingerprint density at radius 2 is 2.06 bits per heavy atom. The van der Waals surface area contributed by atoms with E-state index < -0.39 is 52.7 Å². The van der Waals surface area contributed by atoms with Crippen molar-refractivity contribution in [2.75, 3.05) is 13.7 Å². The maximum atomic E-state index is 12.5. The first-order valence-electron chi connectivity index (χ1n) is 10.7. The summed E-state index contributed by atoms with van der Waals surface area (Å²) in [4.78, 5) is 38.1. The summed E-state index contributed by atoms with van der Waals surface area (Å²) in [6, 6.07) is 4.35. The zero-order chi connectivity index (χ0) is 25.2. The third-order valence-electron chi connectivity index (χ3n) is 5.64. The van der Waals surface area contributed by atoms with Crippen LogP contribution in [-0.4, -0.2) is 50.6 Å². The highest BCUT2D eigenvalue weighted by atomic mass is 16.6. The number of aromatic amines is 1. The largest absolute Gasteiger partial charge is 0.497 e. The van der Waals surface area contributed by atoms with Crippen molar-refractivity contribution in [3.8, 4) is 5.75 Å². The minimum atomic E-state index is -0.965. The summed E-state index contributed by atoms with van der Waals surface area (Å²) in [6.07, 6.45) is -2.16. The first-order chi connectivity index (χ1) is 16.0. The van der Waals surface area contributed by atoms with E-state index in [0.717, 1.165) is 4.57 Å². The van der Waals surface area contributed by atoms with E-state index in [0.29, 0.717) is 5.75 Å². The Morgan fingerprint density at radius 1 is 1.35 bits per heavy atom. The molecule has 34 heavy (non-hydrogen) atoms. The molecule has 1 aromatic carbocycles. The number of aliphatic hydroxyl groups is 2. The Balaban J connectivity index is 1.94. The second-order valence-electron chi connectivity index (χ2n) is 9.17. The number of nitrogens with zero attached hydrogens (tertiary/aromatic N) is 2. The predicted molar refractivity (Wildman–Crippen MR) is 120 cm³/mol. The van der Waals surface area contributed by atoms with Crippen LogP contribution in [0.3, 0.4) is 0 Å². The van der Waals surface area contributed by atoms with Crippen molar-refractivity contribution in [2.24, 2.45) is 5.41 Å². The molecule has 12 heteroatoms. The highest BCUT2D eigenvalue weighted by molar-refractivity contribution is 5.47. The number of benzene rings is 1. The SMILES string of the molecule is COc1ccc([N+](=O)[O-])c([C@@H](OCc2cn([C@@H]3CC(O)[C@H](CO)O3)c(=O)[nH]c2=O)C(C)(C)C)c1. The zero-order valence-corrected chi connectivity index (χ0v) is 19.4. The zero-order valence-electron chi connectivity index (χ0n) is 19.4. The topological polar surface area (TPSA) is 166 Å². The number of methoxy groups -OCH3 is 1. The number of H-pyrrole nitrogens is 1. The van der Waals surface area contributed by atoms with Gasteiger partial charge in [0.05, 0.1) is 48.6 Å². The molecule has 3 N–H and O–H groups in total. The van der Waals surface area contributed by atoms with E-state index >= 15 is 0 Å². The normalized spacial score (nSPS) is 21.4. The molecule has 0 bridgehead atoms. The van der Waals surface area contributed by atoms with Gasteiger partial charge in [-0.15, -0.1) is 0 Å². The molecule has 0 amide bonds. The molecule has 0 aliphatic carbocycles. The van der Waals surface area contributed by atoms with E-state index in [9.17, 15) is 29.9 Å². The van der Waals surface area contributed by atoms with Crippen LogP contribution in [0.5, 0.6) is 5.75 Å². The molecule has 1 aliphatic rings. The van der Waals surface area contributed by atoms with Crippen LogP contribution in [-0.2, 0) is 16.1 Å². The lowest BCUT2D eigenvalue weighted by molar-refractivity contribution is -0.386. The monoisotopic (exact) mass is 479 g/mol. The average Bonchev–Trinajstić information content (AvgIpc) is 3.14. The average molecular weight is 479 g/mol. The Labute approximate surface area is 194 Å². The standard InChI is InChI=1S/C22H29N3O9/c1-22(2,3)19(14-7-13(32-4)5-6-15(14)25(30)31)33-11-12-9-24(21(29)23-20(12)28)18-8-16(27)17(10-26)34-18/h5-7,9,16-19,26-27H,8,10-11H2,1-4H3,(H,23,28,29)/t16?,17-,18-,19+/m0/s1. The summed E-state index contributed by atoms with van der Waals surface area (Å²) in [5.74, 6) is 0.417. The van der Waals surface area contributed by atoms with Gasteiger partial charge in [0.2, 0.25) is 0 Å². The lowest BCUT2D eigenvalue weighted by Crippen LogP contribution is -2.35. The highest BCUT2D eigenvalue weighted by Crippen LogP contribution is 2.42. The molecule has 1 fully saturated rings. The molecule has 0 radical (unpaired) electrons. The second-order valence-corrected chi connectivity index (χ2v) is 9.17. The molecular formula is C22H29N3O9. The van der Waals surface area contributed by atoms with Gasteiger partial charge in [-0.05, 0) is 17.5 Å². The molecule has 12 nitrogen and oxygen atoms in total. The minimum Gasteiger partial charge on any atom is -0.497 e. The summed E-state index contributed by atoms with van der Waals surface area (Å²) >= 11 is 0. The summed E-state index contributed by atoms with van der Waals surface area (Å²) in [5, 5.41) is 30.9. The van der Waals surface area contributed by atoms with Gasteiger partial charge in [-0.3, -0.25) is 24.5 Å². The van der Waals surface area contributed by atoms with Crippen LogP contribution in [0.4, 0.5) is 5.69 Å². The van der Waals surface area contributed by atoms with Crippen LogP contribution in [0.2, 0.25) is 0 Å². The number of aromatic nitrogens is 2. The number of hydrogen-bond donors (Lipinski definition) is 3. The third kappa shape index (κ3) is 5.36. The Morgan fingerprint density at radius 3 is 2.62 bits per heavy atom. The summed E-state index contributed by atoms with van der Waals surface area (Å²) < 4.78 is 17.9. The smallest absolute Gasteiger partial charge is 0.330 e. The van der Waals surface area contributed by atoms with Crippen molar-refractivity contribution < 1.29 is 29.3 Å². The summed E-state index contributed by atoms with van der Waals surface area (Å²) in [7, 11) is 1.45. The van der Waals surface area contributed by atoms with Crippen LogP contribution in [0.25, 0.3) is 0 Å². The molecule has 1 aromatic heterocycles. The number of rotatable bonds is 8. The molecule has 2 aromatic rings. The van der Waals surface area contributed by atoms with Gasteiger partial charge in [-0.1, -0.05) is 20.8 Å². The fourth-order valence-electron chi connectivity index (χ4n) is 3.91. The molecule has 0 saturated carbocycles. The van der Waals surface area contributed by atoms with Crippen molar-refractivity contribution in [1.82, 2.24) is 9.55 Å². The van der Waals surface area contributed by atoms with E-state index in [1.807, 2.05) is 20.8 Å². The third-order valence-corrected chi connectivity index (χ3v) is 5.64. The highest BCUT2D eigenvalue weighted by Gasteiger charge is 2.36. The number of nitro groups is 1. The Bertz CT molecular complexity index is 1150. The van der Waals surface area contributed by atoms with Crippen molar-refractivity contribution in [3.63, 3.8) is 0 Å². The van der Waals surface area contributed by atoms with E-state index in [1.165, 1.54) is 31.5 Å². The van der Waals surface area contributed by atoms with E-state index in [-0.39, 0.29) is 29.8 Å². The van der Waals surface area contributed by atoms with Crippen LogP contribution < -0.4 is 16.0 Å². The van der Waals surface area contributed by atoms with E-state index in [1.54, 1.807) is 0 Å². The number of nitro benzene ring substituents is 1. The molecule has 4 atom stereocenters. The van der Waals surface area contributed by atoms with Gasteiger partial charge in [0.15, 0.2) is 0 Å². The first-order valence-corrected chi connectivity index (χ1v) is 10.7. The van der Waals surface area contributed by atoms with Gasteiger partial charge in [0, 0.05) is 18.7 Å². The fraction of sp³-hybridized carbons (Fsp3) is 0.545. The van der Waals surface area contributed by atoms with Gasteiger partial charge in [-0.25, -0.2) is 4.79 Å². The number of ether oxygens (including phenoxy) is 3. The lowest BCUT2D eigenvalue weighted by atomic mass is 9.83. The number of nitrogens with one attached hydrogen (secondary N) is 1. The molecule has 1 unspecified atom stereocenters. The number of hydrogen-bond acceptors (Lipinski definition) is 9. The van der Waals surface area contributed by atoms with Crippen molar-refractivity contribution in [2.45, 2.75) is 58.3 Å². The van der Waals surface area contributed by atoms with E-state index in [2.05, 4.69) is 4.98 Å². The van der Waals surface area contributed by atoms with Gasteiger partial charge in [0.25, 0.3) is 11.2 Å². The maximum Gasteiger partial charge on any atom is 0.330 e. The van der Waals surface area contributed by atoms with Crippen LogP contribution >= 0.6 is 0 Å². The number of aliphatic hydroxyl groups excluding tert-OH is 2. The summed E-state index contributed by atoms with van der Waals surface area (Å²) in [5.41, 5.74) is -1.79. The Hall–Kier alpha value is -3.06. The van der Waals surface area contributed by atoms with Crippen LogP contribution in [0, 0.1) is 15.5 Å². The molecule has 3 rings (SSSR count). The van der Waals surface area contributed by atoms with Crippen LogP contribution in [0.1, 0.15) is 50.7 Å². The quantitative estimate of drug-likeness (QED) is 0.374. The Kier molecular flexibility index (Phi) is 7.56. The molecule has 1 saturated heterocycles. The lowest BCUT2D eigenvalue weighted by Gasteiger charge is -2.31. The van der Waals surface area contributed by atoms with Gasteiger partial charge < -0.3 is 24.4 Å². The molecule has 186 valence electrons. The first kappa shape index (κ1) is 25.6. The fourth-order valence-corrected chi connectivity index (χ4v) is 3.91. The van der Waals surface area contributed by atoms with Gasteiger partial charge in [0.1, 0.15) is 18.1 Å². The summed E-state index contributed by atoms with van der Waals surface area (Å²) in [6.45, 7) is 4.85. The molecule has 2 heterocycles. The molecule has 1 aliphatic heterocycles. The van der Waals surface area contributed by atoms with Gasteiger partial charge >= 0.3 is 5.69 Å².